The lowest BCUT2D eigenvalue weighted by atomic mass is 10.2. The number of aromatic nitrogens is 3. The second-order valence-corrected chi connectivity index (χ2v) is 9.25. The van der Waals surface area contributed by atoms with Gasteiger partial charge in [0.25, 0.3) is 0 Å². The van der Waals surface area contributed by atoms with Gasteiger partial charge in [0.1, 0.15) is 29.1 Å². The average Bonchev–Trinajstić information content (AvgIpc) is 3.19. The van der Waals surface area contributed by atoms with Crippen molar-refractivity contribution in [2.75, 3.05) is 26.6 Å². The van der Waals surface area contributed by atoms with Gasteiger partial charge in [0.05, 0.1) is 24.6 Å². The van der Waals surface area contributed by atoms with Gasteiger partial charge in [-0.1, -0.05) is 11.6 Å². The summed E-state index contributed by atoms with van der Waals surface area (Å²) in [6, 6.07) is -0.671. The van der Waals surface area contributed by atoms with Crippen LogP contribution >= 0.6 is 19.2 Å². The summed E-state index contributed by atoms with van der Waals surface area (Å²) in [6.07, 6.45) is 2.30. The Kier molecular flexibility index (Phi) is 7.39. The van der Waals surface area contributed by atoms with Crippen LogP contribution in [0.5, 0.6) is 0 Å². The van der Waals surface area contributed by atoms with E-state index in [4.69, 9.17) is 25.4 Å². The number of fused-ring (bicyclic) bond motifs is 1. The standard InChI is InChI=1S/C19H26ClN4O6P/c1-5-29-31(27,30-6-2)10-28-14-7-13(16(25)17(14)26)24-9-12(8-21-4)15-18(20)22-11(3)23-19(15)24/h8-9,13-14,25-26H,5-7,10H2,1-4H3/b21-8+/t13-,14+/m1/s1. The third-order valence-electron chi connectivity index (χ3n) is 4.78. The molecule has 170 valence electrons. The first kappa shape index (κ1) is 23.7. The number of rotatable bonds is 9. The molecule has 12 heteroatoms. The van der Waals surface area contributed by atoms with E-state index in [1.165, 1.54) is 0 Å². The number of nitrogens with zero attached hydrogens (tertiary/aromatic N) is 4. The summed E-state index contributed by atoms with van der Waals surface area (Å²) >= 11 is 6.34. The van der Waals surface area contributed by atoms with Gasteiger partial charge in [-0.2, -0.15) is 0 Å². The fraction of sp³-hybridized carbons (Fsp3) is 0.526. The maximum absolute atomic E-state index is 12.7. The van der Waals surface area contributed by atoms with Gasteiger partial charge in [-0.25, -0.2) is 9.97 Å². The molecule has 0 unspecified atom stereocenters. The van der Waals surface area contributed by atoms with Gasteiger partial charge in [0.2, 0.25) is 0 Å². The van der Waals surface area contributed by atoms with Crippen LogP contribution in [0.3, 0.4) is 0 Å². The molecule has 2 atom stereocenters. The number of halogens is 1. The van der Waals surface area contributed by atoms with Crippen molar-refractivity contribution in [1.82, 2.24) is 14.5 Å². The van der Waals surface area contributed by atoms with Crippen molar-refractivity contribution < 1.29 is 28.6 Å². The molecule has 1 aliphatic carbocycles. The van der Waals surface area contributed by atoms with E-state index in [1.54, 1.807) is 44.8 Å². The fourth-order valence-electron chi connectivity index (χ4n) is 3.55. The topological polar surface area (TPSA) is 128 Å². The Balaban J connectivity index is 1.92. The van der Waals surface area contributed by atoms with E-state index in [0.717, 1.165) is 0 Å². The molecule has 0 fully saturated rings. The predicted octanol–water partition coefficient (Wildman–Crippen LogP) is 4.32. The van der Waals surface area contributed by atoms with E-state index in [0.29, 0.717) is 22.4 Å². The van der Waals surface area contributed by atoms with Crippen LogP contribution in [-0.4, -0.2) is 63.7 Å². The normalized spacial score (nSPS) is 19.9. The highest BCUT2D eigenvalue weighted by molar-refractivity contribution is 7.53. The number of hydrogen-bond donors (Lipinski definition) is 2. The van der Waals surface area contributed by atoms with Gasteiger partial charge in [-0.15, -0.1) is 0 Å². The van der Waals surface area contributed by atoms with Gasteiger partial charge in [-0.3, -0.25) is 9.56 Å². The van der Waals surface area contributed by atoms with Crippen LogP contribution in [0.1, 0.15) is 37.7 Å². The minimum absolute atomic E-state index is 0.184. The second kappa shape index (κ2) is 9.67. The van der Waals surface area contributed by atoms with Crippen molar-refractivity contribution in [2.24, 2.45) is 4.99 Å². The summed E-state index contributed by atoms with van der Waals surface area (Å²) in [6.45, 7) is 5.49. The molecule has 0 aromatic carbocycles. The molecule has 2 N–H and O–H groups in total. The number of ether oxygens (including phenoxy) is 1. The molecule has 0 spiro atoms. The van der Waals surface area contributed by atoms with Gasteiger partial charge in [0, 0.05) is 31.4 Å². The molecule has 2 aromatic heterocycles. The quantitative estimate of drug-likeness (QED) is 0.313. The van der Waals surface area contributed by atoms with Crippen molar-refractivity contribution in [3.05, 3.63) is 34.3 Å². The molecule has 3 rings (SSSR count). The summed E-state index contributed by atoms with van der Waals surface area (Å²) in [4.78, 5) is 12.7. The number of hydrogen-bond acceptors (Lipinski definition) is 9. The maximum atomic E-state index is 12.7. The highest BCUT2D eigenvalue weighted by atomic mass is 35.5. The summed E-state index contributed by atoms with van der Waals surface area (Å²) in [7, 11) is -1.84. The van der Waals surface area contributed by atoms with Crippen LogP contribution in [-0.2, 0) is 18.3 Å². The van der Waals surface area contributed by atoms with E-state index in [1.807, 2.05) is 0 Å². The minimum Gasteiger partial charge on any atom is -0.507 e. The molecule has 0 saturated heterocycles. The predicted molar refractivity (Wildman–Crippen MR) is 117 cm³/mol. The monoisotopic (exact) mass is 472 g/mol. The molecule has 10 nitrogen and oxygen atoms in total. The maximum Gasteiger partial charge on any atom is 0.356 e. The van der Waals surface area contributed by atoms with Crippen LogP contribution in [0.4, 0.5) is 0 Å². The third kappa shape index (κ3) is 4.78. The molecule has 0 radical (unpaired) electrons. The average molecular weight is 473 g/mol. The van der Waals surface area contributed by atoms with Crippen molar-refractivity contribution in [3.8, 4) is 0 Å². The number of allylic oxidation sites excluding steroid dienone is 1. The Morgan fingerprint density at radius 1 is 1.29 bits per heavy atom. The lowest BCUT2D eigenvalue weighted by Crippen LogP contribution is -2.17. The molecular formula is C19H26ClN4O6P. The first-order valence-corrected chi connectivity index (χ1v) is 11.9. The molecule has 31 heavy (non-hydrogen) atoms. The molecular weight excluding hydrogens is 447 g/mol. The summed E-state index contributed by atoms with van der Waals surface area (Å²) in [5.74, 6) is -0.143. The highest BCUT2D eigenvalue weighted by Crippen LogP contribution is 2.49. The molecule has 2 heterocycles. The van der Waals surface area contributed by atoms with Crippen molar-refractivity contribution >= 4 is 36.4 Å². The van der Waals surface area contributed by atoms with Gasteiger partial charge < -0.3 is 28.6 Å². The van der Waals surface area contributed by atoms with Crippen molar-refractivity contribution in [3.63, 3.8) is 0 Å². The van der Waals surface area contributed by atoms with Gasteiger partial charge in [0.15, 0.2) is 11.5 Å². The van der Waals surface area contributed by atoms with Crippen LogP contribution in [0.25, 0.3) is 11.0 Å². The number of aliphatic imine (C=N–C) groups is 1. The van der Waals surface area contributed by atoms with E-state index in [-0.39, 0.29) is 42.7 Å². The Morgan fingerprint density at radius 3 is 2.58 bits per heavy atom. The van der Waals surface area contributed by atoms with E-state index >= 15 is 0 Å². The Morgan fingerprint density at radius 2 is 1.97 bits per heavy atom. The lowest BCUT2D eigenvalue weighted by Gasteiger charge is -2.20. The molecule has 2 aromatic rings. The largest absolute Gasteiger partial charge is 0.507 e. The van der Waals surface area contributed by atoms with Crippen LogP contribution in [0.15, 0.2) is 22.7 Å². The second-order valence-electron chi connectivity index (χ2n) is 6.89. The highest BCUT2D eigenvalue weighted by Gasteiger charge is 2.39. The zero-order valence-electron chi connectivity index (χ0n) is 17.8. The lowest BCUT2D eigenvalue weighted by molar-refractivity contribution is 0.0604. The Labute approximate surface area is 185 Å². The third-order valence-corrected chi connectivity index (χ3v) is 6.82. The SMILES string of the molecule is CCOP(=O)(CO[C@H]1C[C@@H](n2cc(/C=N/C)c3c(Cl)nc(C)nc32)C(O)=C1O)OCC. The van der Waals surface area contributed by atoms with Crippen LogP contribution in [0, 0.1) is 6.92 Å². The first-order valence-electron chi connectivity index (χ1n) is 9.83. The molecule has 0 saturated carbocycles. The summed E-state index contributed by atoms with van der Waals surface area (Å²) in [5.41, 5.74) is 1.17. The number of aliphatic hydroxyl groups excluding tert-OH is 2. The molecule has 1 aliphatic rings. The zero-order valence-corrected chi connectivity index (χ0v) is 19.4. The minimum atomic E-state index is -3.47. The van der Waals surface area contributed by atoms with Crippen molar-refractivity contribution in [2.45, 2.75) is 39.3 Å². The van der Waals surface area contributed by atoms with Gasteiger partial charge in [-0.05, 0) is 20.8 Å². The van der Waals surface area contributed by atoms with Crippen LogP contribution in [0.2, 0.25) is 5.15 Å². The van der Waals surface area contributed by atoms with Gasteiger partial charge >= 0.3 is 7.60 Å². The number of aliphatic hydroxyl groups is 2. The Hall–Kier alpha value is -1.97. The van der Waals surface area contributed by atoms with E-state index < -0.39 is 19.7 Å². The molecule has 0 bridgehead atoms. The van der Waals surface area contributed by atoms with Crippen molar-refractivity contribution in [1.29, 1.82) is 0 Å². The number of aryl methyl sites for hydroxylation is 1. The molecule has 0 aliphatic heterocycles. The first-order chi connectivity index (χ1) is 14.7. The van der Waals surface area contributed by atoms with E-state index in [9.17, 15) is 14.8 Å². The van der Waals surface area contributed by atoms with Crippen LogP contribution < -0.4 is 0 Å². The molecule has 0 amide bonds. The summed E-state index contributed by atoms with van der Waals surface area (Å²) < 4.78 is 30.4. The zero-order chi connectivity index (χ0) is 22.8. The summed E-state index contributed by atoms with van der Waals surface area (Å²) in [5, 5.41) is 22.0. The smallest absolute Gasteiger partial charge is 0.356 e. The fourth-order valence-corrected chi connectivity index (χ4v) is 5.24. The van der Waals surface area contributed by atoms with E-state index in [2.05, 4.69) is 15.0 Å². The Bertz CT molecular complexity index is 1060.